The van der Waals surface area contributed by atoms with E-state index in [-0.39, 0.29) is 17.4 Å². The third kappa shape index (κ3) is 3.86. The van der Waals surface area contributed by atoms with Gasteiger partial charge in [0, 0.05) is 57.8 Å². The molecule has 0 radical (unpaired) electrons. The van der Waals surface area contributed by atoms with Crippen LogP contribution in [0, 0.1) is 0 Å². The summed E-state index contributed by atoms with van der Waals surface area (Å²) in [6.07, 6.45) is 7.45. The topological polar surface area (TPSA) is 59.4 Å². The number of nitrogens with one attached hydrogen (secondary N) is 1. The zero-order valence-electron chi connectivity index (χ0n) is 16.1. The summed E-state index contributed by atoms with van der Waals surface area (Å²) in [7, 11) is 3.66. The smallest absolute Gasteiger partial charge is 0.220 e. The Bertz CT molecular complexity index is 808. The van der Waals surface area contributed by atoms with Crippen LogP contribution >= 0.6 is 0 Å². The van der Waals surface area contributed by atoms with Crippen molar-refractivity contribution < 1.29 is 9.53 Å². The van der Waals surface area contributed by atoms with Crippen molar-refractivity contribution in [2.45, 2.75) is 43.7 Å². The van der Waals surface area contributed by atoms with Crippen molar-refractivity contribution in [1.82, 2.24) is 20.0 Å². The third-order valence-corrected chi connectivity index (χ3v) is 5.95. The normalized spacial score (nSPS) is 21.5. The van der Waals surface area contributed by atoms with Gasteiger partial charge in [0.2, 0.25) is 5.91 Å². The van der Waals surface area contributed by atoms with E-state index < -0.39 is 0 Å². The molecule has 3 heterocycles. The van der Waals surface area contributed by atoms with E-state index >= 15 is 0 Å². The molecule has 1 atom stereocenters. The molecule has 1 fully saturated rings. The number of aryl methyl sites for hydroxylation is 1. The SMILES string of the molecule is CNC(=O)CC1CC2(CCN(Cc3cnn(C)c3)CC2)Oc2ccccc21. The molecular weight excluding hydrogens is 340 g/mol. The Hall–Kier alpha value is -2.34. The molecule has 1 aromatic carbocycles. The Balaban J connectivity index is 1.46. The zero-order chi connectivity index (χ0) is 18.9. The lowest BCUT2D eigenvalue weighted by molar-refractivity contribution is -0.121. The van der Waals surface area contributed by atoms with Gasteiger partial charge < -0.3 is 10.1 Å². The van der Waals surface area contributed by atoms with Gasteiger partial charge in [-0.05, 0) is 30.9 Å². The predicted octanol–water partition coefficient (Wildman–Crippen LogP) is 2.46. The van der Waals surface area contributed by atoms with Crippen LogP contribution in [0.4, 0.5) is 0 Å². The van der Waals surface area contributed by atoms with Crippen LogP contribution in [0.5, 0.6) is 5.75 Å². The third-order valence-electron chi connectivity index (χ3n) is 5.95. The number of likely N-dealkylation sites (tertiary alicyclic amines) is 1. The largest absolute Gasteiger partial charge is 0.487 e. The number of nitrogens with zero attached hydrogens (tertiary/aromatic N) is 3. The van der Waals surface area contributed by atoms with Gasteiger partial charge in [-0.25, -0.2) is 0 Å². The summed E-state index contributed by atoms with van der Waals surface area (Å²) in [4.78, 5) is 14.5. The Morgan fingerprint density at radius 3 is 2.81 bits per heavy atom. The maximum absolute atomic E-state index is 12.1. The molecule has 1 aromatic heterocycles. The minimum absolute atomic E-state index is 0.0980. The lowest BCUT2D eigenvalue weighted by Gasteiger charge is -2.47. The predicted molar refractivity (Wildman–Crippen MR) is 104 cm³/mol. The second-order valence-corrected chi connectivity index (χ2v) is 7.90. The van der Waals surface area contributed by atoms with Gasteiger partial charge in [0.05, 0.1) is 6.20 Å². The molecule has 2 aliphatic rings. The molecule has 6 heteroatoms. The number of rotatable bonds is 4. The summed E-state index contributed by atoms with van der Waals surface area (Å²) in [5.74, 6) is 1.28. The van der Waals surface area contributed by atoms with E-state index in [0.717, 1.165) is 44.6 Å². The summed E-state index contributed by atoms with van der Waals surface area (Å²) in [5.41, 5.74) is 2.27. The number of fused-ring (bicyclic) bond motifs is 1. The Kier molecular flexibility index (Phi) is 4.91. The van der Waals surface area contributed by atoms with Crippen molar-refractivity contribution in [2.75, 3.05) is 20.1 Å². The number of hydrogen-bond acceptors (Lipinski definition) is 4. The number of carbonyl (C=O) groups is 1. The van der Waals surface area contributed by atoms with E-state index in [4.69, 9.17) is 4.74 Å². The number of aromatic nitrogens is 2. The van der Waals surface area contributed by atoms with Gasteiger partial charge in [0.15, 0.2) is 0 Å². The monoisotopic (exact) mass is 368 g/mol. The highest BCUT2D eigenvalue weighted by molar-refractivity contribution is 5.76. The highest BCUT2D eigenvalue weighted by Crippen LogP contribution is 2.46. The molecule has 2 aliphatic heterocycles. The molecule has 1 spiro atoms. The van der Waals surface area contributed by atoms with Crippen molar-refractivity contribution in [3.8, 4) is 5.75 Å². The van der Waals surface area contributed by atoms with Gasteiger partial charge >= 0.3 is 0 Å². The first-order chi connectivity index (χ1) is 13.1. The van der Waals surface area contributed by atoms with Gasteiger partial charge in [-0.15, -0.1) is 0 Å². The average molecular weight is 368 g/mol. The Labute approximate surface area is 160 Å². The van der Waals surface area contributed by atoms with Gasteiger partial charge in [0.1, 0.15) is 11.4 Å². The first kappa shape index (κ1) is 18.0. The lowest BCUT2D eigenvalue weighted by atomic mass is 9.76. The average Bonchev–Trinajstić information content (AvgIpc) is 3.08. The first-order valence-corrected chi connectivity index (χ1v) is 9.75. The van der Waals surface area contributed by atoms with Crippen molar-refractivity contribution in [1.29, 1.82) is 0 Å². The number of benzene rings is 1. The van der Waals surface area contributed by atoms with E-state index in [1.807, 2.05) is 30.1 Å². The summed E-state index contributed by atoms with van der Waals surface area (Å²) in [6, 6.07) is 8.21. The van der Waals surface area contributed by atoms with Gasteiger partial charge in [-0.2, -0.15) is 5.10 Å². The summed E-state index contributed by atoms with van der Waals surface area (Å²) in [5, 5.41) is 7.04. The molecule has 0 bridgehead atoms. The molecule has 1 unspecified atom stereocenters. The molecule has 0 aliphatic carbocycles. The molecule has 4 rings (SSSR count). The molecule has 1 amide bonds. The van der Waals surface area contributed by atoms with Crippen molar-refractivity contribution in [3.05, 3.63) is 47.8 Å². The molecule has 1 N–H and O–H groups in total. The quantitative estimate of drug-likeness (QED) is 0.901. The van der Waals surface area contributed by atoms with Crippen LogP contribution in [0.15, 0.2) is 36.7 Å². The second kappa shape index (κ2) is 7.35. The van der Waals surface area contributed by atoms with Gasteiger partial charge in [0.25, 0.3) is 0 Å². The molecule has 6 nitrogen and oxygen atoms in total. The van der Waals surface area contributed by atoms with Gasteiger partial charge in [-0.3, -0.25) is 14.4 Å². The molecular formula is C21H28N4O2. The maximum Gasteiger partial charge on any atom is 0.220 e. The van der Waals surface area contributed by atoms with Crippen LogP contribution in [0.25, 0.3) is 0 Å². The summed E-state index contributed by atoms with van der Waals surface area (Å²) in [6.45, 7) is 2.94. The highest BCUT2D eigenvalue weighted by Gasteiger charge is 2.43. The van der Waals surface area contributed by atoms with E-state index in [9.17, 15) is 4.79 Å². The molecule has 1 saturated heterocycles. The molecule has 2 aromatic rings. The summed E-state index contributed by atoms with van der Waals surface area (Å²) >= 11 is 0. The zero-order valence-corrected chi connectivity index (χ0v) is 16.1. The Morgan fingerprint density at radius 1 is 1.33 bits per heavy atom. The summed E-state index contributed by atoms with van der Waals surface area (Å²) < 4.78 is 8.39. The lowest BCUT2D eigenvalue weighted by Crippen LogP contribution is -2.50. The number of piperidine rings is 1. The molecule has 144 valence electrons. The first-order valence-electron chi connectivity index (χ1n) is 9.75. The fourth-order valence-electron chi connectivity index (χ4n) is 4.49. The molecule has 0 saturated carbocycles. The van der Waals surface area contributed by atoms with E-state index in [1.165, 1.54) is 11.1 Å². The van der Waals surface area contributed by atoms with Crippen LogP contribution in [0.3, 0.4) is 0 Å². The van der Waals surface area contributed by atoms with Crippen molar-refractivity contribution in [2.24, 2.45) is 7.05 Å². The van der Waals surface area contributed by atoms with E-state index in [1.54, 1.807) is 7.05 Å². The van der Waals surface area contributed by atoms with Crippen molar-refractivity contribution >= 4 is 5.91 Å². The second-order valence-electron chi connectivity index (χ2n) is 7.90. The number of ether oxygens (including phenoxy) is 1. The van der Waals surface area contributed by atoms with Crippen LogP contribution in [0.2, 0.25) is 0 Å². The van der Waals surface area contributed by atoms with Crippen molar-refractivity contribution in [3.63, 3.8) is 0 Å². The standard InChI is InChI=1S/C21H28N4O2/c1-22-20(26)11-17-12-21(27-19-6-4-3-5-18(17)19)7-9-25(10-8-21)15-16-13-23-24(2)14-16/h3-6,13-14,17H,7-12,15H2,1-2H3,(H,22,26). The fourth-order valence-corrected chi connectivity index (χ4v) is 4.49. The van der Waals surface area contributed by atoms with E-state index in [0.29, 0.717) is 6.42 Å². The Morgan fingerprint density at radius 2 is 2.11 bits per heavy atom. The van der Waals surface area contributed by atoms with Crippen LogP contribution in [-0.4, -0.2) is 46.3 Å². The van der Waals surface area contributed by atoms with Crippen LogP contribution in [0.1, 0.15) is 42.7 Å². The van der Waals surface area contributed by atoms with Crippen LogP contribution < -0.4 is 10.1 Å². The minimum Gasteiger partial charge on any atom is -0.487 e. The highest BCUT2D eigenvalue weighted by atomic mass is 16.5. The minimum atomic E-state index is -0.154. The molecule has 27 heavy (non-hydrogen) atoms. The van der Waals surface area contributed by atoms with Gasteiger partial charge in [-0.1, -0.05) is 18.2 Å². The maximum atomic E-state index is 12.1. The number of amides is 1. The van der Waals surface area contributed by atoms with Crippen LogP contribution in [-0.2, 0) is 18.4 Å². The fraction of sp³-hybridized carbons (Fsp3) is 0.524. The van der Waals surface area contributed by atoms with E-state index in [2.05, 4.69) is 33.6 Å². The number of carbonyl (C=O) groups excluding carboxylic acids is 1. The number of para-hydroxylation sites is 1. The number of hydrogen-bond donors (Lipinski definition) is 1.